The lowest BCUT2D eigenvalue weighted by molar-refractivity contribution is -0.118. The predicted molar refractivity (Wildman–Crippen MR) is 47.6 cm³/mol. The van der Waals surface area contributed by atoms with Crippen molar-refractivity contribution in [3.05, 3.63) is 0 Å². The van der Waals surface area contributed by atoms with Crippen molar-refractivity contribution >= 4 is 5.91 Å². The smallest absolute Gasteiger partial charge is 0.218 e. The molecule has 0 aromatic carbocycles. The number of likely N-dealkylation sites (N-methyl/N-ethyl adjacent to an activating group) is 1. The zero-order chi connectivity index (χ0) is 9.78. The van der Waals surface area contributed by atoms with E-state index in [1.165, 1.54) is 0 Å². The zero-order valence-corrected chi connectivity index (χ0v) is 8.00. The zero-order valence-electron chi connectivity index (χ0n) is 8.00. The number of nitrogens with zero attached hydrogens (tertiary/aromatic N) is 1. The second-order valence-corrected chi connectivity index (χ2v) is 3.77. The molecule has 4 heteroatoms. The van der Waals surface area contributed by atoms with Crippen molar-refractivity contribution in [2.24, 2.45) is 5.73 Å². The van der Waals surface area contributed by atoms with E-state index in [0.717, 1.165) is 0 Å². The molecule has 1 amide bonds. The first-order valence-corrected chi connectivity index (χ1v) is 4.00. The number of nitrogens with two attached hydrogens (primary N) is 1. The van der Waals surface area contributed by atoms with E-state index in [1.807, 2.05) is 11.9 Å². The highest BCUT2D eigenvalue weighted by Crippen LogP contribution is 2.02. The van der Waals surface area contributed by atoms with Gasteiger partial charge >= 0.3 is 0 Å². The van der Waals surface area contributed by atoms with Crippen LogP contribution in [0.2, 0.25) is 0 Å². The van der Waals surface area contributed by atoms with Crippen LogP contribution in [0.4, 0.5) is 0 Å². The van der Waals surface area contributed by atoms with Crippen molar-refractivity contribution in [1.29, 1.82) is 0 Å². The fourth-order valence-electron chi connectivity index (χ4n) is 1.04. The standard InChI is InChI=1S/C8H18N2O2/c1-8(2,12)6-10(3)5-4-7(9)11/h12H,4-6H2,1-3H3,(H2,9,11). The van der Waals surface area contributed by atoms with Gasteiger partial charge in [0.2, 0.25) is 5.91 Å². The summed E-state index contributed by atoms with van der Waals surface area (Å²) in [5, 5.41) is 9.40. The second-order valence-electron chi connectivity index (χ2n) is 3.77. The molecular formula is C8H18N2O2. The maximum atomic E-state index is 10.4. The van der Waals surface area contributed by atoms with E-state index < -0.39 is 5.60 Å². The highest BCUT2D eigenvalue weighted by atomic mass is 16.3. The number of hydrogen-bond acceptors (Lipinski definition) is 3. The average molecular weight is 174 g/mol. The Labute approximate surface area is 73.3 Å². The molecule has 0 aromatic heterocycles. The summed E-state index contributed by atoms with van der Waals surface area (Å²) in [6.45, 7) is 4.60. The van der Waals surface area contributed by atoms with Gasteiger partial charge in [0, 0.05) is 19.5 Å². The lowest BCUT2D eigenvalue weighted by atomic mass is 10.1. The molecule has 0 saturated heterocycles. The molecule has 0 rings (SSSR count). The fraction of sp³-hybridized carbons (Fsp3) is 0.875. The monoisotopic (exact) mass is 174 g/mol. The molecule has 0 bridgehead atoms. The van der Waals surface area contributed by atoms with E-state index in [-0.39, 0.29) is 5.91 Å². The normalized spacial score (nSPS) is 12.1. The molecule has 0 aliphatic heterocycles. The molecule has 4 nitrogen and oxygen atoms in total. The number of primary amides is 1. The van der Waals surface area contributed by atoms with Gasteiger partial charge in [0.25, 0.3) is 0 Å². The van der Waals surface area contributed by atoms with Gasteiger partial charge in [0.1, 0.15) is 0 Å². The van der Waals surface area contributed by atoms with Crippen molar-refractivity contribution in [3.63, 3.8) is 0 Å². The quantitative estimate of drug-likeness (QED) is 0.594. The number of aliphatic hydroxyl groups is 1. The van der Waals surface area contributed by atoms with Crippen LogP contribution < -0.4 is 5.73 Å². The van der Waals surface area contributed by atoms with Gasteiger partial charge in [-0.25, -0.2) is 0 Å². The average Bonchev–Trinajstić information content (AvgIpc) is 1.79. The van der Waals surface area contributed by atoms with Crippen molar-refractivity contribution in [2.75, 3.05) is 20.1 Å². The lowest BCUT2D eigenvalue weighted by Gasteiger charge is -2.24. The summed E-state index contributed by atoms with van der Waals surface area (Å²) in [6.07, 6.45) is 0.340. The number of rotatable bonds is 5. The first kappa shape index (κ1) is 11.4. The number of hydrogen-bond donors (Lipinski definition) is 2. The third kappa shape index (κ3) is 7.50. The minimum atomic E-state index is -0.716. The molecule has 0 aliphatic carbocycles. The Morgan fingerprint density at radius 1 is 1.58 bits per heavy atom. The van der Waals surface area contributed by atoms with E-state index in [2.05, 4.69) is 0 Å². The summed E-state index contributed by atoms with van der Waals surface area (Å²) in [6, 6.07) is 0. The summed E-state index contributed by atoms with van der Waals surface area (Å²) in [5.41, 5.74) is 4.26. The Bertz CT molecular complexity index is 152. The second kappa shape index (κ2) is 4.42. The first-order chi connectivity index (χ1) is 5.31. The molecule has 0 fully saturated rings. The minimum Gasteiger partial charge on any atom is -0.389 e. The van der Waals surface area contributed by atoms with Crippen LogP contribution in [0, 0.1) is 0 Å². The van der Waals surface area contributed by atoms with E-state index in [9.17, 15) is 9.90 Å². The molecule has 72 valence electrons. The van der Waals surface area contributed by atoms with Crippen LogP contribution in [0.25, 0.3) is 0 Å². The molecule has 12 heavy (non-hydrogen) atoms. The topological polar surface area (TPSA) is 66.6 Å². The minimum absolute atomic E-state index is 0.308. The lowest BCUT2D eigenvalue weighted by Crippen LogP contribution is -2.37. The van der Waals surface area contributed by atoms with Crippen molar-refractivity contribution in [2.45, 2.75) is 25.9 Å². The van der Waals surface area contributed by atoms with Crippen LogP contribution >= 0.6 is 0 Å². The summed E-state index contributed by atoms with van der Waals surface area (Å²) in [5.74, 6) is -0.308. The van der Waals surface area contributed by atoms with Crippen molar-refractivity contribution in [3.8, 4) is 0 Å². The number of amides is 1. The molecule has 0 heterocycles. The van der Waals surface area contributed by atoms with Gasteiger partial charge in [-0.1, -0.05) is 0 Å². The summed E-state index contributed by atoms with van der Waals surface area (Å²) in [7, 11) is 1.85. The van der Waals surface area contributed by atoms with Crippen LogP contribution in [0.15, 0.2) is 0 Å². The summed E-state index contributed by atoms with van der Waals surface area (Å²) < 4.78 is 0. The summed E-state index contributed by atoms with van der Waals surface area (Å²) in [4.78, 5) is 12.3. The Balaban J connectivity index is 3.60. The van der Waals surface area contributed by atoms with Gasteiger partial charge in [0.05, 0.1) is 5.60 Å². The van der Waals surface area contributed by atoms with Crippen LogP contribution in [0.1, 0.15) is 20.3 Å². The summed E-state index contributed by atoms with van der Waals surface area (Å²) >= 11 is 0. The fourth-order valence-corrected chi connectivity index (χ4v) is 1.04. The van der Waals surface area contributed by atoms with Crippen molar-refractivity contribution < 1.29 is 9.90 Å². The van der Waals surface area contributed by atoms with Gasteiger partial charge in [-0.2, -0.15) is 0 Å². The van der Waals surface area contributed by atoms with E-state index >= 15 is 0 Å². The SMILES string of the molecule is CN(CCC(N)=O)CC(C)(C)O. The Morgan fingerprint density at radius 3 is 2.42 bits per heavy atom. The van der Waals surface area contributed by atoms with Crippen LogP contribution in [0.5, 0.6) is 0 Å². The molecule has 3 N–H and O–H groups in total. The van der Waals surface area contributed by atoms with E-state index in [0.29, 0.717) is 19.5 Å². The number of carbonyl (C=O) groups excluding carboxylic acids is 1. The molecule has 0 saturated carbocycles. The largest absolute Gasteiger partial charge is 0.389 e. The highest BCUT2D eigenvalue weighted by molar-refractivity contribution is 5.73. The van der Waals surface area contributed by atoms with Crippen LogP contribution in [-0.2, 0) is 4.79 Å². The molecule has 0 radical (unpaired) electrons. The van der Waals surface area contributed by atoms with Gasteiger partial charge in [-0.3, -0.25) is 4.79 Å². The highest BCUT2D eigenvalue weighted by Gasteiger charge is 2.15. The van der Waals surface area contributed by atoms with E-state index in [4.69, 9.17) is 5.73 Å². The maximum absolute atomic E-state index is 10.4. The molecule has 0 unspecified atom stereocenters. The molecule has 0 aliphatic rings. The number of carbonyl (C=O) groups is 1. The Kier molecular flexibility index (Phi) is 4.20. The molecule has 0 spiro atoms. The molecule has 0 aromatic rings. The van der Waals surface area contributed by atoms with Gasteiger partial charge < -0.3 is 15.7 Å². The maximum Gasteiger partial charge on any atom is 0.218 e. The Hall–Kier alpha value is -0.610. The molecule has 0 atom stereocenters. The first-order valence-electron chi connectivity index (χ1n) is 4.00. The van der Waals surface area contributed by atoms with Crippen LogP contribution in [-0.4, -0.2) is 41.7 Å². The van der Waals surface area contributed by atoms with Crippen LogP contribution in [0.3, 0.4) is 0 Å². The van der Waals surface area contributed by atoms with Crippen molar-refractivity contribution in [1.82, 2.24) is 4.90 Å². The Morgan fingerprint density at radius 2 is 2.08 bits per heavy atom. The van der Waals surface area contributed by atoms with Gasteiger partial charge in [-0.05, 0) is 20.9 Å². The molecular weight excluding hydrogens is 156 g/mol. The third-order valence-electron chi connectivity index (χ3n) is 1.40. The van der Waals surface area contributed by atoms with Gasteiger partial charge in [-0.15, -0.1) is 0 Å². The predicted octanol–water partition coefficient (Wildman–Crippen LogP) is -0.435. The van der Waals surface area contributed by atoms with Gasteiger partial charge in [0.15, 0.2) is 0 Å². The van der Waals surface area contributed by atoms with E-state index in [1.54, 1.807) is 13.8 Å². The third-order valence-corrected chi connectivity index (χ3v) is 1.40.